The zero-order valence-corrected chi connectivity index (χ0v) is 24.5. The van der Waals surface area contributed by atoms with Gasteiger partial charge in [0.25, 0.3) is 5.56 Å². The number of ether oxygens (including phenoxy) is 3. The average Bonchev–Trinajstić information content (AvgIpc) is 3.38. The van der Waals surface area contributed by atoms with Crippen molar-refractivity contribution in [2.75, 3.05) is 6.61 Å². The fourth-order valence-corrected chi connectivity index (χ4v) is 5.81. The first kappa shape index (κ1) is 30.4. The molecule has 222 valence electrons. The summed E-state index contributed by atoms with van der Waals surface area (Å²) in [5.41, 5.74) is 3.13. The van der Waals surface area contributed by atoms with E-state index < -0.39 is 29.7 Å². The number of aromatic amines is 1. The maximum Gasteiger partial charge on any atom is 0.513 e. The van der Waals surface area contributed by atoms with Crippen LogP contribution in [-0.4, -0.2) is 33.5 Å². The maximum atomic E-state index is 12.9. The molecule has 2 N–H and O–H groups in total. The van der Waals surface area contributed by atoms with Crippen molar-refractivity contribution in [2.45, 2.75) is 97.3 Å². The molecule has 2 aliphatic rings. The molecule has 2 aromatic rings. The second-order valence-electron chi connectivity index (χ2n) is 11.4. The minimum absolute atomic E-state index is 0.0548. The number of aromatic nitrogens is 2. The van der Waals surface area contributed by atoms with E-state index in [-0.39, 0.29) is 24.2 Å². The summed E-state index contributed by atoms with van der Waals surface area (Å²) >= 11 is 0. The summed E-state index contributed by atoms with van der Waals surface area (Å²) in [7, 11) is 0. The Hall–Kier alpha value is -3.59. The number of aryl methyl sites for hydroxylation is 2. The van der Waals surface area contributed by atoms with Crippen molar-refractivity contribution in [1.82, 2.24) is 9.55 Å². The number of hydrogen-bond acceptors (Lipinski definition) is 7. The molecule has 2 heterocycles. The van der Waals surface area contributed by atoms with Crippen LogP contribution in [0, 0.1) is 12.8 Å². The largest absolute Gasteiger partial charge is 0.513 e. The van der Waals surface area contributed by atoms with Crippen molar-refractivity contribution in [1.29, 1.82) is 0 Å². The first-order valence-electron chi connectivity index (χ1n) is 14.6. The number of phenolic OH excluding ortho intramolecular Hbond substituents is 1. The van der Waals surface area contributed by atoms with Gasteiger partial charge in [0.05, 0.1) is 6.10 Å². The van der Waals surface area contributed by atoms with Crippen molar-refractivity contribution >= 4 is 6.16 Å². The van der Waals surface area contributed by atoms with Crippen LogP contribution in [0.4, 0.5) is 4.79 Å². The molecule has 0 saturated carbocycles. The zero-order chi connectivity index (χ0) is 29.7. The summed E-state index contributed by atoms with van der Waals surface area (Å²) in [5.74, 6) is 0.334. The molecule has 1 aromatic heterocycles. The molecular formula is C32H42N2O7. The summed E-state index contributed by atoms with van der Waals surface area (Å²) < 4.78 is 18.5. The van der Waals surface area contributed by atoms with Crippen LogP contribution in [0.25, 0.3) is 0 Å². The monoisotopic (exact) mass is 566 g/mol. The van der Waals surface area contributed by atoms with Crippen LogP contribution >= 0.6 is 0 Å². The van der Waals surface area contributed by atoms with Crippen molar-refractivity contribution in [3.63, 3.8) is 0 Å². The minimum Gasteiger partial charge on any atom is -0.507 e. The van der Waals surface area contributed by atoms with Crippen LogP contribution in [-0.2, 0) is 15.9 Å². The lowest BCUT2D eigenvalue weighted by atomic mass is 9.73. The van der Waals surface area contributed by atoms with E-state index in [1.807, 2.05) is 13.0 Å². The van der Waals surface area contributed by atoms with Crippen LogP contribution in [0.5, 0.6) is 11.5 Å². The third-order valence-corrected chi connectivity index (χ3v) is 8.08. The van der Waals surface area contributed by atoms with Crippen LogP contribution in [0.2, 0.25) is 0 Å². The average molecular weight is 567 g/mol. The number of hydrogen-bond donors (Lipinski definition) is 2. The standard InChI is InChI=1S/C32H42N2O7/c1-6-7-8-9-22-15-26(35)29(25-14-20(4)10-12-24(25)19(2)3)27(16-22)41-32(38)39-18-23-11-13-28(40-23)34-17-21(5)30(36)33-31(34)37/h14-17,23-25,28,35H,2,6-13,18H2,1,3-5H3,(H,33,36,37)/t23-,24?,25?,28+/m0/s1. The Morgan fingerprint density at radius 3 is 2.71 bits per heavy atom. The van der Waals surface area contributed by atoms with Gasteiger partial charge in [0.2, 0.25) is 0 Å². The molecule has 1 saturated heterocycles. The topological polar surface area (TPSA) is 120 Å². The fraction of sp³-hybridized carbons (Fsp3) is 0.531. The molecule has 4 rings (SSSR count). The van der Waals surface area contributed by atoms with Gasteiger partial charge in [-0.2, -0.15) is 0 Å². The number of H-pyrrole nitrogens is 1. The SMILES string of the molecule is C=C(C)C1CCC(C)=CC1c1c(O)cc(CCCCC)cc1OC(=O)OC[C@@H]1CC[C@H](n2cc(C)c(=O)[nH]c2=O)O1. The van der Waals surface area contributed by atoms with E-state index in [0.717, 1.165) is 49.7 Å². The number of nitrogens with one attached hydrogen (secondary N) is 1. The number of nitrogens with zero attached hydrogens (tertiary/aromatic N) is 1. The van der Waals surface area contributed by atoms with E-state index in [1.165, 1.54) is 16.3 Å². The molecule has 9 heteroatoms. The molecule has 1 aliphatic heterocycles. The molecule has 0 bridgehead atoms. The highest BCUT2D eigenvalue weighted by molar-refractivity contribution is 5.66. The van der Waals surface area contributed by atoms with Crippen LogP contribution in [0.15, 0.2) is 51.7 Å². The number of rotatable bonds is 10. The molecule has 0 spiro atoms. The minimum atomic E-state index is -0.885. The second kappa shape index (κ2) is 13.4. The Morgan fingerprint density at radius 2 is 1.98 bits per heavy atom. The van der Waals surface area contributed by atoms with Gasteiger partial charge in [0, 0.05) is 23.2 Å². The third kappa shape index (κ3) is 7.38. The van der Waals surface area contributed by atoms with Crippen LogP contribution in [0.3, 0.4) is 0 Å². The van der Waals surface area contributed by atoms with Gasteiger partial charge in [-0.05, 0) is 82.9 Å². The number of allylic oxidation sites excluding steroid dienone is 3. The predicted molar refractivity (Wildman–Crippen MR) is 157 cm³/mol. The highest BCUT2D eigenvalue weighted by atomic mass is 16.7. The van der Waals surface area contributed by atoms with E-state index in [0.29, 0.717) is 29.7 Å². The van der Waals surface area contributed by atoms with Crippen molar-refractivity contribution < 1.29 is 24.1 Å². The fourth-order valence-electron chi connectivity index (χ4n) is 5.81. The van der Waals surface area contributed by atoms with Gasteiger partial charge < -0.3 is 19.3 Å². The van der Waals surface area contributed by atoms with Gasteiger partial charge in [0.15, 0.2) is 0 Å². The number of aromatic hydroxyl groups is 1. The summed E-state index contributed by atoms with van der Waals surface area (Å²) in [6, 6.07) is 3.62. The molecule has 0 radical (unpaired) electrons. The lowest BCUT2D eigenvalue weighted by Gasteiger charge is -2.32. The molecule has 4 atom stereocenters. The summed E-state index contributed by atoms with van der Waals surface area (Å²) in [4.78, 5) is 39.2. The van der Waals surface area contributed by atoms with Crippen molar-refractivity contribution in [3.05, 3.63) is 79.7 Å². The number of unbranched alkanes of at least 4 members (excludes halogenated alkanes) is 2. The van der Waals surface area contributed by atoms with Gasteiger partial charge in [-0.3, -0.25) is 14.3 Å². The summed E-state index contributed by atoms with van der Waals surface area (Å²) in [5, 5.41) is 11.2. The smallest absolute Gasteiger partial charge is 0.507 e. The molecule has 1 fully saturated rings. The molecule has 41 heavy (non-hydrogen) atoms. The Balaban J connectivity index is 1.50. The van der Waals surface area contributed by atoms with Gasteiger partial charge in [-0.15, -0.1) is 0 Å². The third-order valence-electron chi connectivity index (χ3n) is 8.08. The lowest BCUT2D eigenvalue weighted by molar-refractivity contribution is -0.0338. The van der Waals surface area contributed by atoms with E-state index >= 15 is 0 Å². The van der Waals surface area contributed by atoms with E-state index in [4.69, 9.17) is 14.2 Å². The molecule has 2 unspecified atom stereocenters. The van der Waals surface area contributed by atoms with Crippen molar-refractivity contribution in [2.24, 2.45) is 5.92 Å². The van der Waals surface area contributed by atoms with Crippen molar-refractivity contribution in [3.8, 4) is 11.5 Å². The Kier molecular flexibility index (Phi) is 9.91. The Labute approximate surface area is 240 Å². The molecule has 0 amide bonds. The number of phenols is 1. The van der Waals surface area contributed by atoms with Gasteiger partial charge in [-0.25, -0.2) is 9.59 Å². The molecule has 1 aliphatic carbocycles. The molecule has 9 nitrogen and oxygen atoms in total. The second-order valence-corrected chi connectivity index (χ2v) is 11.4. The van der Waals surface area contributed by atoms with E-state index in [9.17, 15) is 19.5 Å². The summed E-state index contributed by atoms with van der Waals surface area (Å²) in [6.45, 7) is 12.0. The Morgan fingerprint density at radius 1 is 1.20 bits per heavy atom. The zero-order valence-electron chi connectivity index (χ0n) is 24.5. The first-order valence-corrected chi connectivity index (χ1v) is 14.6. The highest BCUT2D eigenvalue weighted by Crippen LogP contribution is 2.47. The maximum absolute atomic E-state index is 12.9. The molecule has 1 aromatic carbocycles. The summed E-state index contributed by atoms with van der Waals surface area (Å²) in [6.07, 6.45) is 8.55. The number of carbonyl (C=O) groups excluding carboxylic acids is 1. The number of carbonyl (C=O) groups is 1. The van der Waals surface area contributed by atoms with Gasteiger partial charge >= 0.3 is 11.8 Å². The van der Waals surface area contributed by atoms with Gasteiger partial charge in [0.1, 0.15) is 24.3 Å². The van der Waals surface area contributed by atoms with Crippen LogP contribution < -0.4 is 16.0 Å². The molecular weight excluding hydrogens is 524 g/mol. The normalized spacial score (nSPS) is 22.3. The first-order chi connectivity index (χ1) is 19.6. The van der Waals surface area contributed by atoms with E-state index in [2.05, 4.69) is 31.5 Å². The number of benzene rings is 1. The Bertz CT molecular complexity index is 1420. The quantitative estimate of drug-likeness (QED) is 0.152. The lowest BCUT2D eigenvalue weighted by Crippen LogP contribution is -2.33. The predicted octanol–water partition coefficient (Wildman–Crippen LogP) is 6.19. The van der Waals surface area contributed by atoms with E-state index in [1.54, 1.807) is 13.0 Å². The highest BCUT2D eigenvalue weighted by Gasteiger charge is 2.32. The van der Waals surface area contributed by atoms with Gasteiger partial charge in [-0.1, -0.05) is 43.6 Å². The van der Waals surface area contributed by atoms with Crippen LogP contribution in [0.1, 0.15) is 94.6 Å².